The van der Waals surface area contributed by atoms with Gasteiger partial charge in [0.25, 0.3) is 0 Å². The van der Waals surface area contributed by atoms with Crippen molar-refractivity contribution in [3.63, 3.8) is 0 Å². The Labute approximate surface area is 107 Å². The summed E-state index contributed by atoms with van der Waals surface area (Å²) in [5.41, 5.74) is -0.295. The van der Waals surface area contributed by atoms with Crippen molar-refractivity contribution in [1.29, 1.82) is 0 Å². The van der Waals surface area contributed by atoms with E-state index in [1.165, 1.54) is 25.3 Å². The van der Waals surface area contributed by atoms with Gasteiger partial charge in [0.1, 0.15) is 11.3 Å². The zero-order chi connectivity index (χ0) is 13.6. The smallest absolute Gasteiger partial charge is 0.344 e. The fourth-order valence-corrected chi connectivity index (χ4v) is 2.10. The first-order chi connectivity index (χ1) is 9.10. The molecule has 5 nitrogen and oxygen atoms in total. The fraction of sp³-hybridized carbons (Fsp3) is 0.0714. The first-order valence-corrected chi connectivity index (χ1v) is 5.56. The lowest BCUT2D eigenvalue weighted by molar-refractivity contribution is 0.374. The van der Waals surface area contributed by atoms with E-state index >= 15 is 0 Å². The monoisotopic (exact) mass is 258 g/mol. The van der Waals surface area contributed by atoms with Gasteiger partial charge in [0.05, 0.1) is 12.5 Å². The van der Waals surface area contributed by atoms with Crippen LogP contribution in [-0.4, -0.2) is 17.3 Å². The second-order valence-corrected chi connectivity index (χ2v) is 4.14. The molecule has 0 unspecified atom stereocenters. The highest BCUT2D eigenvalue weighted by Crippen LogP contribution is 2.34. The van der Waals surface area contributed by atoms with Crippen molar-refractivity contribution in [2.75, 3.05) is 7.11 Å². The predicted molar refractivity (Wildman–Crippen MR) is 69.9 cm³/mol. The molecule has 0 atom stereocenters. The summed E-state index contributed by atoms with van der Waals surface area (Å²) >= 11 is 0. The average Bonchev–Trinajstić information content (AvgIpc) is 2.38. The van der Waals surface area contributed by atoms with E-state index in [1.807, 2.05) is 0 Å². The van der Waals surface area contributed by atoms with E-state index in [-0.39, 0.29) is 28.2 Å². The van der Waals surface area contributed by atoms with Gasteiger partial charge in [0.15, 0.2) is 11.5 Å². The van der Waals surface area contributed by atoms with Crippen molar-refractivity contribution >= 4 is 21.7 Å². The fourth-order valence-electron chi connectivity index (χ4n) is 2.10. The van der Waals surface area contributed by atoms with Crippen LogP contribution >= 0.6 is 0 Å². The van der Waals surface area contributed by atoms with E-state index in [2.05, 4.69) is 0 Å². The van der Waals surface area contributed by atoms with Crippen molar-refractivity contribution in [3.05, 3.63) is 40.8 Å². The van der Waals surface area contributed by atoms with Gasteiger partial charge < -0.3 is 19.4 Å². The maximum atomic E-state index is 11.9. The third-order valence-electron chi connectivity index (χ3n) is 3.00. The molecule has 0 fully saturated rings. The van der Waals surface area contributed by atoms with Crippen LogP contribution in [0.5, 0.6) is 17.2 Å². The lowest BCUT2D eigenvalue weighted by Crippen LogP contribution is -2.00. The molecule has 2 N–H and O–H groups in total. The summed E-state index contributed by atoms with van der Waals surface area (Å²) in [7, 11) is 1.43. The summed E-state index contributed by atoms with van der Waals surface area (Å²) in [6, 6.07) is 7.40. The predicted octanol–water partition coefficient (Wildman–Crippen LogP) is 2.37. The van der Waals surface area contributed by atoms with Crippen LogP contribution in [0.1, 0.15) is 0 Å². The minimum Gasteiger partial charge on any atom is -0.508 e. The highest BCUT2D eigenvalue weighted by atomic mass is 16.5. The van der Waals surface area contributed by atoms with Crippen molar-refractivity contribution in [1.82, 2.24) is 0 Å². The molecule has 5 heteroatoms. The zero-order valence-electron chi connectivity index (χ0n) is 10.0. The van der Waals surface area contributed by atoms with E-state index in [0.717, 1.165) is 0 Å². The molecule has 1 aromatic heterocycles. The Morgan fingerprint density at radius 2 is 1.84 bits per heavy atom. The van der Waals surface area contributed by atoms with Gasteiger partial charge in [-0.15, -0.1) is 0 Å². The molecule has 3 aromatic rings. The molecule has 96 valence electrons. The summed E-state index contributed by atoms with van der Waals surface area (Å²) in [5, 5.41) is 20.6. The Morgan fingerprint density at radius 1 is 1.05 bits per heavy atom. The van der Waals surface area contributed by atoms with Gasteiger partial charge in [-0.3, -0.25) is 0 Å². The number of fused-ring (bicyclic) bond motifs is 3. The number of phenols is 2. The maximum Gasteiger partial charge on any atom is 0.344 e. The molecule has 19 heavy (non-hydrogen) atoms. The summed E-state index contributed by atoms with van der Waals surface area (Å²) in [4.78, 5) is 11.9. The second kappa shape index (κ2) is 3.91. The Balaban J connectivity index is 2.55. The molecule has 0 aliphatic heterocycles. The molecule has 0 aliphatic rings. The number of benzene rings is 2. The van der Waals surface area contributed by atoms with Crippen LogP contribution in [-0.2, 0) is 0 Å². The Morgan fingerprint density at radius 3 is 2.58 bits per heavy atom. The topological polar surface area (TPSA) is 79.9 Å². The van der Waals surface area contributed by atoms with Gasteiger partial charge in [0.2, 0.25) is 0 Å². The van der Waals surface area contributed by atoms with Crippen LogP contribution < -0.4 is 10.4 Å². The van der Waals surface area contributed by atoms with Crippen LogP contribution in [0.25, 0.3) is 21.7 Å². The van der Waals surface area contributed by atoms with Crippen LogP contribution in [0.4, 0.5) is 0 Å². The Hall–Kier alpha value is -2.69. The van der Waals surface area contributed by atoms with Crippen LogP contribution in [0.2, 0.25) is 0 Å². The van der Waals surface area contributed by atoms with Crippen molar-refractivity contribution in [2.45, 2.75) is 0 Å². The quantitative estimate of drug-likeness (QED) is 0.517. The number of aromatic hydroxyl groups is 2. The minimum absolute atomic E-state index is 0.0146. The van der Waals surface area contributed by atoms with Gasteiger partial charge in [-0.25, -0.2) is 4.79 Å². The molecule has 3 rings (SSSR count). The molecular formula is C14H10O5. The van der Waals surface area contributed by atoms with E-state index in [9.17, 15) is 15.0 Å². The first kappa shape index (κ1) is 11.4. The maximum absolute atomic E-state index is 11.9. The third-order valence-corrected chi connectivity index (χ3v) is 3.00. The summed E-state index contributed by atoms with van der Waals surface area (Å²) in [5.74, 6) is 0.161. The molecule has 1 heterocycles. The number of methoxy groups -OCH3 is 1. The molecule has 0 saturated carbocycles. The molecule has 0 aliphatic carbocycles. The number of ether oxygens (including phenoxy) is 1. The lowest BCUT2D eigenvalue weighted by atomic mass is 10.1. The zero-order valence-corrected chi connectivity index (χ0v) is 10.0. The highest BCUT2D eigenvalue weighted by molar-refractivity contribution is 6.05. The molecule has 0 saturated heterocycles. The number of hydrogen-bond donors (Lipinski definition) is 2. The van der Waals surface area contributed by atoms with E-state index in [0.29, 0.717) is 10.8 Å². The first-order valence-electron chi connectivity index (χ1n) is 5.56. The van der Waals surface area contributed by atoms with E-state index in [1.54, 1.807) is 12.1 Å². The molecule has 0 bridgehead atoms. The van der Waals surface area contributed by atoms with E-state index < -0.39 is 5.63 Å². The van der Waals surface area contributed by atoms with Gasteiger partial charge in [-0.1, -0.05) is 0 Å². The Kier molecular flexibility index (Phi) is 2.35. The average molecular weight is 258 g/mol. The highest BCUT2D eigenvalue weighted by Gasteiger charge is 2.12. The standard InChI is InChI=1S/C14H10O5/c1-18-13-6-9-8-3-2-7(15)4-12(8)19-14(17)10(9)5-11(13)16/h2-6,15-16H,1H3. The van der Waals surface area contributed by atoms with Crippen LogP contribution in [0.15, 0.2) is 39.5 Å². The molecular weight excluding hydrogens is 248 g/mol. The van der Waals surface area contributed by atoms with Crippen LogP contribution in [0, 0.1) is 0 Å². The summed E-state index contributed by atoms with van der Waals surface area (Å²) in [6.07, 6.45) is 0. The molecule has 2 aromatic carbocycles. The van der Waals surface area contributed by atoms with Crippen molar-refractivity contribution in [3.8, 4) is 17.2 Å². The Bertz CT molecular complexity index is 848. The van der Waals surface area contributed by atoms with Gasteiger partial charge in [0, 0.05) is 16.8 Å². The van der Waals surface area contributed by atoms with Crippen molar-refractivity contribution < 1.29 is 19.4 Å². The number of rotatable bonds is 1. The van der Waals surface area contributed by atoms with Gasteiger partial charge >= 0.3 is 5.63 Å². The number of phenolic OH excluding ortho intramolecular Hbond substituents is 2. The molecule has 0 amide bonds. The SMILES string of the molecule is COc1cc2c(cc1O)c(=O)oc1cc(O)ccc12. The van der Waals surface area contributed by atoms with E-state index in [4.69, 9.17) is 9.15 Å². The molecule has 0 radical (unpaired) electrons. The molecule has 0 spiro atoms. The lowest BCUT2D eigenvalue weighted by Gasteiger charge is -2.07. The van der Waals surface area contributed by atoms with Crippen molar-refractivity contribution in [2.24, 2.45) is 0 Å². The van der Waals surface area contributed by atoms with Crippen LogP contribution in [0.3, 0.4) is 0 Å². The minimum atomic E-state index is -0.578. The van der Waals surface area contributed by atoms with Gasteiger partial charge in [-0.2, -0.15) is 0 Å². The largest absolute Gasteiger partial charge is 0.508 e. The summed E-state index contributed by atoms with van der Waals surface area (Å²) < 4.78 is 10.2. The van der Waals surface area contributed by atoms with Gasteiger partial charge in [-0.05, 0) is 24.3 Å². The third kappa shape index (κ3) is 1.67. The number of hydrogen-bond acceptors (Lipinski definition) is 5. The second-order valence-electron chi connectivity index (χ2n) is 4.14. The summed E-state index contributed by atoms with van der Waals surface area (Å²) in [6.45, 7) is 0. The normalized spacial score (nSPS) is 11.0.